The fraction of sp³-hybridized carbons (Fsp3) is 0.0667. The van der Waals surface area contributed by atoms with Crippen LogP contribution in [-0.4, -0.2) is 11.6 Å². The van der Waals surface area contributed by atoms with Crippen molar-refractivity contribution >= 4 is 30.3 Å². The molecule has 0 aliphatic heterocycles. The molecule has 1 aliphatic rings. The van der Waals surface area contributed by atoms with Gasteiger partial charge >= 0.3 is 0 Å². The minimum Gasteiger partial charge on any atom is -0.289 e. The van der Waals surface area contributed by atoms with Gasteiger partial charge < -0.3 is 0 Å². The fourth-order valence-corrected chi connectivity index (χ4v) is 2.19. The standard InChI is InChI=1S/C15H12O2S/c1-3-5-10-7-13(16)11-6-9(4-2)14(18)8-12(11)15(10)17/h3-8,18H,2H2,1H3. The third-order valence-electron chi connectivity index (χ3n) is 2.79. The van der Waals surface area contributed by atoms with E-state index in [1.807, 2.05) is 0 Å². The zero-order chi connectivity index (χ0) is 13.3. The molecule has 90 valence electrons. The van der Waals surface area contributed by atoms with Crippen molar-refractivity contribution in [1.82, 2.24) is 0 Å². The Morgan fingerprint density at radius 3 is 2.56 bits per heavy atom. The van der Waals surface area contributed by atoms with E-state index in [9.17, 15) is 9.59 Å². The summed E-state index contributed by atoms with van der Waals surface area (Å²) in [7, 11) is 0. The third kappa shape index (κ3) is 1.97. The highest BCUT2D eigenvalue weighted by molar-refractivity contribution is 7.80. The predicted molar refractivity (Wildman–Crippen MR) is 75.3 cm³/mol. The summed E-state index contributed by atoms with van der Waals surface area (Å²) in [6.07, 6.45) is 6.37. The molecule has 0 unspecified atom stereocenters. The molecule has 1 aromatic carbocycles. The SMILES string of the molecule is C=Cc1cc2c(cc1S)C(=O)C(C=CC)=CC2=O. The Kier molecular flexibility index (Phi) is 3.34. The van der Waals surface area contributed by atoms with Crippen LogP contribution in [0.3, 0.4) is 0 Å². The number of hydrogen-bond acceptors (Lipinski definition) is 3. The molecule has 1 aromatic rings. The van der Waals surface area contributed by atoms with Crippen molar-refractivity contribution in [2.24, 2.45) is 0 Å². The first-order valence-electron chi connectivity index (χ1n) is 5.51. The molecule has 0 fully saturated rings. The minimum absolute atomic E-state index is 0.145. The number of allylic oxidation sites excluding steroid dienone is 4. The van der Waals surface area contributed by atoms with Gasteiger partial charge in [0.1, 0.15) is 0 Å². The zero-order valence-corrected chi connectivity index (χ0v) is 10.8. The quantitative estimate of drug-likeness (QED) is 0.822. The van der Waals surface area contributed by atoms with Crippen molar-refractivity contribution < 1.29 is 9.59 Å². The minimum atomic E-state index is -0.158. The largest absolute Gasteiger partial charge is 0.289 e. The number of benzene rings is 1. The first-order chi connectivity index (χ1) is 8.58. The summed E-state index contributed by atoms with van der Waals surface area (Å²) >= 11 is 4.29. The summed E-state index contributed by atoms with van der Waals surface area (Å²) in [6, 6.07) is 3.29. The fourth-order valence-electron chi connectivity index (χ4n) is 1.90. The van der Waals surface area contributed by atoms with Gasteiger partial charge in [0, 0.05) is 21.6 Å². The molecule has 0 saturated carbocycles. The Morgan fingerprint density at radius 2 is 1.94 bits per heavy atom. The van der Waals surface area contributed by atoms with E-state index in [4.69, 9.17) is 0 Å². The van der Waals surface area contributed by atoms with E-state index < -0.39 is 0 Å². The maximum absolute atomic E-state index is 12.2. The van der Waals surface area contributed by atoms with Gasteiger partial charge in [-0.1, -0.05) is 24.8 Å². The second kappa shape index (κ2) is 4.78. The molecule has 3 heteroatoms. The Hall–Kier alpha value is -1.87. The molecule has 0 atom stereocenters. The van der Waals surface area contributed by atoms with E-state index >= 15 is 0 Å². The number of hydrogen-bond donors (Lipinski definition) is 1. The van der Waals surface area contributed by atoms with Gasteiger partial charge in [0.15, 0.2) is 11.6 Å². The number of carbonyl (C=O) groups is 2. The first kappa shape index (κ1) is 12.6. The van der Waals surface area contributed by atoms with E-state index in [0.29, 0.717) is 21.6 Å². The monoisotopic (exact) mass is 256 g/mol. The van der Waals surface area contributed by atoms with Gasteiger partial charge in [0.25, 0.3) is 0 Å². The van der Waals surface area contributed by atoms with Crippen LogP contribution < -0.4 is 0 Å². The van der Waals surface area contributed by atoms with E-state index in [0.717, 1.165) is 5.56 Å². The second-order valence-electron chi connectivity index (χ2n) is 3.95. The number of carbonyl (C=O) groups excluding carboxylic acids is 2. The summed E-state index contributed by atoms with van der Waals surface area (Å²) in [4.78, 5) is 24.8. The normalized spacial score (nSPS) is 14.7. The molecule has 18 heavy (non-hydrogen) atoms. The third-order valence-corrected chi connectivity index (χ3v) is 3.18. The molecule has 0 spiro atoms. The van der Waals surface area contributed by atoms with Crippen molar-refractivity contribution in [3.63, 3.8) is 0 Å². The van der Waals surface area contributed by atoms with Crippen LogP contribution in [0.25, 0.3) is 6.08 Å². The molecule has 0 saturated heterocycles. The Balaban J connectivity index is 2.65. The number of fused-ring (bicyclic) bond motifs is 1. The van der Waals surface area contributed by atoms with Crippen molar-refractivity contribution in [2.75, 3.05) is 0 Å². The average Bonchev–Trinajstić information content (AvgIpc) is 2.35. The molecule has 2 nitrogen and oxygen atoms in total. The smallest absolute Gasteiger partial charge is 0.193 e. The number of rotatable bonds is 2. The lowest BCUT2D eigenvalue weighted by Gasteiger charge is -2.14. The van der Waals surface area contributed by atoms with Gasteiger partial charge in [0.05, 0.1) is 0 Å². The predicted octanol–water partition coefficient (Wildman–Crippen LogP) is 3.50. The lowest BCUT2D eigenvalue weighted by atomic mass is 9.88. The number of thiol groups is 1. The van der Waals surface area contributed by atoms with Crippen LogP contribution in [0.2, 0.25) is 0 Å². The molecule has 0 heterocycles. The van der Waals surface area contributed by atoms with Gasteiger partial charge in [-0.2, -0.15) is 0 Å². The molecule has 0 N–H and O–H groups in total. The zero-order valence-electron chi connectivity index (χ0n) is 9.93. The molecule has 0 radical (unpaired) electrons. The van der Waals surface area contributed by atoms with Crippen LogP contribution in [0.4, 0.5) is 0 Å². The summed E-state index contributed by atoms with van der Waals surface area (Å²) < 4.78 is 0. The number of ketones is 2. The highest BCUT2D eigenvalue weighted by Gasteiger charge is 2.24. The van der Waals surface area contributed by atoms with Crippen molar-refractivity contribution in [3.8, 4) is 0 Å². The van der Waals surface area contributed by atoms with Crippen molar-refractivity contribution in [3.05, 3.63) is 59.2 Å². The van der Waals surface area contributed by atoms with Gasteiger partial charge in [-0.15, -0.1) is 12.6 Å². The Morgan fingerprint density at radius 1 is 1.22 bits per heavy atom. The number of Topliss-reactive ketones (excluding diaryl/α,β-unsaturated/α-hetero) is 1. The lowest BCUT2D eigenvalue weighted by Crippen LogP contribution is -2.16. The van der Waals surface area contributed by atoms with Crippen LogP contribution in [0.15, 0.2) is 47.4 Å². The first-order valence-corrected chi connectivity index (χ1v) is 5.96. The summed E-state index contributed by atoms with van der Waals surface area (Å²) in [6.45, 7) is 5.46. The summed E-state index contributed by atoms with van der Waals surface area (Å²) in [5.41, 5.74) is 1.99. The molecule has 1 aliphatic carbocycles. The molecule has 0 aromatic heterocycles. The maximum Gasteiger partial charge on any atom is 0.193 e. The highest BCUT2D eigenvalue weighted by Crippen LogP contribution is 2.27. The molecule has 2 rings (SSSR count). The van der Waals surface area contributed by atoms with Crippen LogP contribution in [0.1, 0.15) is 33.2 Å². The summed E-state index contributed by atoms with van der Waals surface area (Å²) in [5.74, 6) is -0.303. The molecule has 0 amide bonds. The Labute approximate surface area is 111 Å². The van der Waals surface area contributed by atoms with E-state index in [-0.39, 0.29) is 11.6 Å². The lowest BCUT2D eigenvalue weighted by molar-refractivity contribution is 0.0987. The van der Waals surface area contributed by atoms with E-state index in [1.165, 1.54) is 6.08 Å². The second-order valence-corrected chi connectivity index (χ2v) is 4.44. The molecule has 0 bridgehead atoms. The van der Waals surface area contributed by atoms with Gasteiger partial charge in [-0.25, -0.2) is 0 Å². The highest BCUT2D eigenvalue weighted by atomic mass is 32.1. The Bertz CT molecular complexity index is 622. The van der Waals surface area contributed by atoms with E-state index in [2.05, 4.69) is 19.2 Å². The van der Waals surface area contributed by atoms with Gasteiger partial charge in [0.2, 0.25) is 0 Å². The van der Waals surface area contributed by atoms with Crippen LogP contribution in [0, 0.1) is 0 Å². The molecular formula is C15H12O2S. The average molecular weight is 256 g/mol. The van der Waals surface area contributed by atoms with Gasteiger partial charge in [-0.3, -0.25) is 9.59 Å². The maximum atomic E-state index is 12.2. The van der Waals surface area contributed by atoms with Crippen molar-refractivity contribution in [2.45, 2.75) is 11.8 Å². The van der Waals surface area contributed by atoms with Crippen LogP contribution >= 0.6 is 12.6 Å². The van der Waals surface area contributed by atoms with Crippen molar-refractivity contribution in [1.29, 1.82) is 0 Å². The van der Waals surface area contributed by atoms with Crippen LogP contribution in [0.5, 0.6) is 0 Å². The van der Waals surface area contributed by atoms with Crippen LogP contribution in [-0.2, 0) is 0 Å². The molecular weight excluding hydrogens is 244 g/mol. The topological polar surface area (TPSA) is 34.1 Å². The van der Waals surface area contributed by atoms with E-state index in [1.54, 1.807) is 37.3 Å². The summed E-state index contributed by atoms with van der Waals surface area (Å²) in [5, 5.41) is 0. The van der Waals surface area contributed by atoms with Gasteiger partial charge in [-0.05, 0) is 30.7 Å².